The zero-order chi connectivity index (χ0) is 11.3. The van der Waals surface area contributed by atoms with Crippen molar-refractivity contribution in [3.8, 4) is 0 Å². The number of carbonyl (C=O) groups is 2. The van der Waals surface area contributed by atoms with Crippen LogP contribution in [0.1, 0.15) is 24.0 Å². The molecule has 0 radical (unpaired) electrons. The van der Waals surface area contributed by atoms with Gasteiger partial charge in [-0.2, -0.15) is 0 Å². The van der Waals surface area contributed by atoms with Crippen LogP contribution in [0.4, 0.5) is 0 Å². The lowest BCUT2D eigenvalue weighted by molar-refractivity contribution is -0.126. The van der Waals surface area contributed by atoms with Gasteiger partial charge in [0.25, 0.3) is 0 Å². The van der Waals surface area contributed by atoms with Gasteiger partial charge < -0.3 is 0 Å². The van der Waals surface area contributed by atoms with Crippen molar-refractivity contribution in [1.29, 1.82) is 0 Å². The minimum Gasteiger partial charge on any atom is -0.296 e. The van der Waals surface area contributed by atoms with E-state index in [1.807, 2.05) is 18.2 Å². The number of rotatable bonds is 0. The summed E-state index contributed by atoms with van der Waals surface area (Å²) in [6, 6.07) is 5.60. The first-order chi connectivity index (χ1) is 7.62. The van der Waals surface area contributed by atoms with Gasteiger partial charge in [-0.05, 0) is 36.1 Å². The van der Waals surface area contributed by atoms with Crippen LogP contribution in [0.15, 0.2) is 18.2 Å². The molecule has 1 aromatic rings. The molecule has 4 heteroatoms. The Hall–Kier alpha value is -1.35. The molecule has 1 fully saturated rings. The topological polar surface area (TPSA) is 46.2 Å². The Morgan fingerprint density at radius 2 is 2.12 bits per heavy atom. The molecule has 1 heterocycles. The van der Waals surface area contributed by atoms with Crippen LogP contribution in [-0.4, -0.2) is 11.8 Å². The molecule has 1 aliphatic heterocycles. The summed E-state index contributed by atoms with van der Waals surface area (Å²) in [5, 5.41) is 3.01. The molecule has 0 aromatic heterocycles. The van der Waals surface area contributed by atoms with Crippen LogP contribution in [0.2, 0.25) is 5.02 Å². The third-order valence-electron chi connectivity index (χ3n) is 3.56. The monoisotopic (exact) mass is 235 g/mol. The second kappa shape index (κ2) is 3.08. The molecule has 1 aromatic carbocycles. The van der Waals surface area contributed by atoms with Crippen molar-refractivity contribution in [2.24, 2.45) is 0 Å². The van der Waals surface area contributed by atoms with E-state index >= 15 is 0 Å². The molecule has 1 unspecified atom stereocenters. The lowest BCUT2D eigenvalue weighted by atomic mass is 9.80. The molecular formula is C12H10ClNO2. The number of nitrogens with one attached hydrogen (secondary N) is 1. The van der Waals surface area contributed by atoms with Gasteiger partial charge in [0.2, 0.25) is 11.8 Å². The SMILES string of the molecule is O=C1CC2(CCc3ccc(Cl)cc32)C(=O)N1. The lowest BCUT2D eigenvalue weighted by Gasteiger charge is -2.19. The van der Waals surface area contributed by atoms with Gasteiger partial charge >= 0.3 is 0 Å². The number of carbonyl (C=O) groups excluding carboxylic acids is 2. The summed E-state index contributed by atoms with van der Waals surface area (Å²) in [5.41, 5.74) is 1.43. The Kier molecular flexibility index (Phi) is 1.89. The molecule has 2 amide bonds. The highest BCUT2D eigenvalue weighted by Gasteiger charge is 2.51. The van der Waals surface area contributed by atoms with Gasteiger partial charge in [-0.1, -0.05) is 17.7 Å². The summed E-state index contributed by atoms with van der Waals surface area (Å²) in [4.78, 5) is 23.3. The first kappa shape index (κ1) is 9.85. The first-order valence-electron chi connectivity index (χ1n) is 5.25. The molecule has 0 saturated carbocycles. The first-order valence-corrected chi connectivity index (χ1v) is 5.63. The van der Waals surface area contributed by atoms with Crippen LogP contribution in [0, 0.1) is 0 Å². The van der Waals surface area contributed by atoms with Crippen LogP contribution in [0.3, 0.4) is 0 Å². The standard InChI is InChI=1S/C12H10ClNO2/c13-8-2-1-7-3-4-12(9(7)5-8)6-10(15)14-11(12)16/h1-2,5H,3-4,6H2,(H,14,15,16). The molecule has 0 bridgehead atoms. The van der Waals surface area contributed by atoms with Gasteiger partial charge in [0.15, 0.2) is 0 Å². The van der Waals surface area contributed by atoms with Crippen molar-refractivity contribution < 1.29 is 9.59 Å². The molecule has 2 aliphatic rings. The van der Waals surface area contributed by atoms with Gasteiger partial charge in [-0.25, -0.2) is 0 Å². The number of benzene rings is 1. The van der Waals surface area contributed by atoms with E-state index in [4.69, 9.17) is 11.6 Å². The average Bonchev–Trinajstić information content (AvgIpc) is 2.71. The third kappa shape index (κ3) is 1.15. The minimum absolute atomic E-state index is 0.168. The summed E-state index contributed by atoms with van der Waals surface area (Å²) in [7, 11) is 0. The predicted molar refractivity (Wildman–Crippen MR) is 59.2 cm³/mol. The molecule has 3 rings (SSSR count). The van der Waals surface area contributed by atoms with Gasteiger partial charge in [0.05, 0.1) is 5.41 Å². The largest absolute Gasteiger partial charge is 0.296 e. The molecule has 16 heavy (non-hydrogen) atoms. The van der Waals surface area contributed by atoms with Gasteiger partial charge in [-0.15, -0.1) is 0 Å². The van der Waals surface area contributed by atoms with E-state index in [1.165, 1.54) is 0 Å². The van der Waals surface area contributed by atoms with E-state index in [1.54, 1.807) is 0 Å². The summed E-state index contributed by atoms with van der Waals surface area (Å²) < 4.78 is 0. The van der Waals surface area contributed by atoms with Gasteiger partial charge in [0.1, 0.15) is 0 Å². The number of amides is 2. The molecule has 1 aliphatic carbocycles. The zero-order valence-corrected chi connectivity index (χ0v) is 9.30. The van der Waals surface area contributed by atoms with Gasteiger partial charge in [0, 0.05) is 11.4 Å². The smallest absolute Gasteiger partial charge is 0.237 e. The fourth-order valence-corrected chi connectivity index (χ4v) is 2.93. The molecule has 3 nitrogen and oxygen atoms in total. The second-order valence-electron chi connectivity index (χ2n) is 4.44. The Morgan fingerprint density at radius 1 is 1.31 bits per heavy atom. The highest BCUT2D eigenvalue weighted by Crippen LogP contribution is 2.44. The summed E-state index contributed by atoms with van der Waals surface area (Å²) in [5.74, 6) is -0.351. The molecule has 1 spiro atoms. The highest BCUT2D eigenvalue weighted by atomic mass is 35.5. The van der Waals surface area contributed by atoms with Crippen LogP contribution in [-0.2, 0) is 21.4 Å². The number of fused-ring (bicyclic) bond motifs is 2. The van der Waals surface area contributed by atoms with E-state index in [2.05, 4.69) is 5.32 Å². The van der Waals surface area contributed by atoms with E-state index in [-0.39, 0.29) is 18.2 Å². The third-order valence-corrected chi connectivity index (χ3v) is 3.79. The van der Waals surface area contributed by atoms with E-state index in [0.717, 1.165) is 17.5 Å². The second-order valence-corrected chi connectivity index (χ2v) is 4.87. The number of hydrogen-bond acceptors (Lipinski definition) is 2. The van der Waals surface area contributed by atoms with Gasteiger partial charge in [-0.3, -0.25) is 14.9 Å². The maximum atomic E-state index is 11.9. The Labute approximate surface area is 97.8 Å². The quantitative estimate of drug-likeness (QED) is 0.694. The molecular weight excluding hydrogens is 226 g/mol. The molecule has 1 saturated heterocycles. The Morgan fingerprint density at radius 3 is 2.81 bits per heavy atom. The summed E-state index contributed by atoms with van der Waals surface area (Å²) in [6.45, 7) is 0. The number of imide groups is 1. The molecule has 1 N–H and O–H groups in total. The van der Waals surface area contributed by atoms with Crippen molar-refractivity contribution in [2.75, 3.05) is 0 Å². The fourth-order valence-electron chi connectivity index (χ4n) is 2.76. The predicted octanol–water partition coefficient (Wildman–Crippen LogP) is 1.57. The minimum atomic E-state index is -0.642. The van der Waals surface area contributed by atoms with E-state index < -0.39 is 5.41 Å². The molecule has 1 atom stereocenters. The normalized spacial score (nSPS) is 27.3. The Bertz CT molecular complexity index is 512. The van der Waals surface area contributed by atoms with Crippen LogP contribution in [0.25, 0.3) is 0 Å². The average molecular weight is 236 g/mol. The Balaban J connectivity index is 2.18. The van der Waals surface area contributed by atoms with Crippen LogP contribution in [0.5, 0.6) is 0 Å². The van der Waals surface area contributed by atoms with Crippen molar-refractivity contribution in [1.82, 2.24) is 5.32 Å². The van der Waals surface area contributed by atoms with Crippen molar-refractivity contribution in [3.05, 3.63) is 34.3 Å². The van der Waals surface area contributed by atoms with Crippen molar-refractivity contribution >= 4 is 23.4 Å². The number of aryl methyl sites for hydroxylation is 1. The van der Waals surface area contributed by atoms with Crippen molar-refractivity contribution in [2.45, 2.75) is 24.7 Å². The summed E-state index contributed by atoms with van der Waals surface area (Å²) in [6.07, 6.45) is 1.81. The number of halogens is 1. The lowest BCUT2D eigenvalue weighted by Crippen LogP contribution is -2.33. The molecule has 82 valence electrons. The van der Waals surface area contributed by atoms with Crippen molar-refractivity contribution in [3.63, 3.8) is 0 Å². The highest BCUT2D eigenvalue weighted by molar-refractivity contribution is 6.30. The van der Waals surface area contributed by atoms with E-state index in [0.29, 0.717) is 11.4 Å². The van der Waals surface area contributed by atoms with Crippen LogP contribution < -0.4 is 5.32 Å². The van der Waals surface area contributed by atoms with E-state index in [9.17, 15) is 9.59 Å². The fraction of sp³-hybridized carbons (Fsp3) is 0.333. The number of hydrogen-bond donors (Lipinski definition) is 1. The van der Waals surface area contributed by atoms with Crippen LogP contribution >= 0.6 is 11.6 Å². The summed E-state index contributed by atoms with van der Waals surface area (Å²) >= 11 is 5.95. The maximum Gasteiger partial charge on any atom is 0.237 e. The maximum absolute atomic E-state index is 11.9. The zero-order valence-electron chi connectivity index (χ0n) is 8.55.